The molecule has 7 nitrogen and oxygen atoms in total. The van der Waals surface area contributed by atoms with Crippen molar-refractivity contribution in [2.24, 2.45) is 5.10 Å². The minimum absolute atomic E-state index is 0.0118. The van der Waals surface area contributed by atoms with Crippen molar-refractivity contribution in [3.63, 3.8) is 0 Å². The molecular weight excluding hydrogens is 310 g/mol. The van der Waals surface area contributed by atoms with Crippen LogP contribution in [0.3, 0.4) is 0 Å². The summed E-state index contributed by atoms with van der Waals surface area (Å²) in [6.45, 7) is 0.115. The standard InChI is InChI=1S/C17H13N3O4/c21-13-4-5-14-15(8-13)24-11-12(17(14)23)9-18-19-16(22)10-20-6-2-1-3-7-20/h1-9,11H,10H2,(H-,19,21,22,23)/p+1/b18-9-. The number of nitrogens with one attached hydrogen (secondary N) is 1. The first-order valence-corrected chi connectivity index (χ1v) is 7.14. The average Bonchev–Trinajstić information content (AvgIpc) is 2.58. The van der Waals surface area contributed by atoms with Crippen molar-refractivity contribution >= 4 is 23.1 Å². The summed E-state index contributed by atoms with van der Waals surface area (Å²) < 4.78 is 6.99. The Balaban J connectivity index is 1.71. The molecule has 0 fully saturated rings. The van der Waals surface area contributed by atoms with Gasteiger partial charge >= 0.3 is 5.91 Å². The van der Waals surface area contributed by atoms with Gasteiger partial charge in [-0.25, -0.2) is 5.43 Å². The molecule has 2 N–H and O–H groups in total. The van der Waals surface area contributed by atoms with Crippen molar-refractivity contribution in [3.8, 4) is 5.75 Å². The molecule has 0 aliphatic heterocycles. The molecule has 120 valence electrons. The number of carbonyl (C=O) groups excluding carboxylic acids is 1. The summed E-state index contributed by atoms with van der Waals surface area (Å²) in [4.78, 5) is 24.0. The number of amides is 1. The van der Waals surface area contributed by atoms with Crippen LogP contribution >= 0.6 is 0 Å². The number of hydrogen-bond donors (Lipinski definition) is 2. The fraction of sp³-hybridized carbons (Fsp3) is 0.0588. The first kappa shape index (κ1) is 15.4. The monoisotopic (exact) mass is 324 g/mol. The number of benzene rings is 1. The third-order valence-electron chi connectivity index (χ3n) is 3.28. The molecule has 2 heterocycles. The molecule has 0 saturated heterocycles. The van der Waals surface area contributed by atoms with Gasteiger partial charge in [-0.15, -0.1) is 0 Å². The van der Waals surface area contributed by atoms with E-state index in [0.717, 1.165) is 0 Å². The molecule has 24 heavy (non-hydrogen) atoms. The Labute approximate surface area is 136 Å². The molecule has 0 unspecified atom stereocenters. The van der Waals surface area contributed by atoms with Crippen LogP contribution in [0.15, 0.2) is 69.4 Å². The second-order valence-electron chi connectivity index (χ2n) is 5.04. The molecule has 0 saturated carbocycles. The molecule has 3 rings (SSSR count). The molecule has 2 aromatic heterocycles. The normalized spacial score (nSPS) is 11.0. The highest BCUT2D eigenvalue weighted by atomic mass is 16.3. The lowest BCUT2D eigenvalue weighted by molar-refractivity contribution is -0.684. The average molecular weight is 324 g/mol. The number of aromatic nitrogens is 1. The largest absolute Gasteiger partial charge is 0.508 e. The number of hydrazone groups is 1. The first-order valence-electron chi connectivity index (χ1n) is 7.14. The van der Waals surface area contributed by atoms with E-state index in [1.165, 1.54) is 30.7 Å². The lowest BCUT2D eigenvalue weighted by Gasteiger charge is -1.99. The molecule has 1 aromatic carbocycles. The van der Waals surface area contributed by atoms with E-state index in [-0.39, 0.29) is 34.8 Å². The summed E-state index contributed by atoms with van der Waals surface area (Å²) in [6.07, 6.45) is 5.98. The van der Waals surface area contributed by atoms with Crippen LogP contribution in [0, 0.1) is 0 Å². The Bertz CT molecular complexity index is 964. The second kappa shape index (κ2) is 6.74. The number of hydrogen-bond acceptors (Lipinski definition) is 5. The molecule has 0 radical (unpaired) electrons. The number of nitrogens with zero attached hydrogens (tertiary/aromatic N) is 2. The fourth-order valence-electron chi connectivity index (χ4n) is 2.14. The summed E-state index contributed by atoms with van der Waals surface area (Å²) >= 11 is 0. The quantitative estimate of drug-likeness (QED) is 0.424. The maximum Gasteiger partial charge on any atom is 0.305 e. The van der Waals surface area contributed by atoms with Gasteiger partial charge in [-0.1, -0.05) is 6.07 Å². The van der Waals surface area contributed by atoms with Crippen molar-refractivity contribution in [1.29, 1.82) is 0 Å². The van der Waals surface area contributed by atoms with Gasteiger partial charge in [0.1, 0.15) is 17.6 Å². The Morgan fingerprint density at radius 1 is 1.29 bits per heavy atom. The predicted octanol–water partition coefficient (Wildman–Crippen LogP) is 0.936. The van der Waals surface area contributed by atoms with Crippen molar-refractivity contribution in [1.82, 2.24) is 5.43 Å². The summed E-state index contributed by atoms with van der Waals surface area (Å²) in [7, 11) is 0. The summed E-state index contributed by atoms with van der Waals surface area (Å²) in [5, 5.41) is 13.5. The van der Waals surface area contributed by atoms with Gasteiger partial charge < -0.3 is 9.52 Å². The van der Waals surface area contributed by atoms with E-state index in [9.17, 15) is 14.7 Å². The van der Waals surface area contributed by atoms with Crippen LogP contribution in [0.5, 0.6) is 5.75 Å². The minimum Gasteiger partial charge on any atom is -0.508 e. The van der Waals surface area contributed by atoms with Gasteiger partial charge in [0.25, 0.3) is 0 Å². The zero-order chi connectivity index (χ0) is 16.9. The zero-order valence-electron chi connectivity index (χ0n) is 12.5. The minimum atomic E-state index is -0.322. The third kappa shape index (κ3) is 3.46. The van der Waals surface area contributed by atoms with Crippen LogP contribution < -0.4 is 15.4 Å². The lowest BCUT2D eigenvalue weighted by atomic mass is 10.2. The van der Waals surface area contributed by atoms with Crippen LogP contribution in [0.1, 0.15) is 5.56 Å². The first-order chi connectivity index (χ1) is 11.6. The summed E-state index contributed by atoms with van der Waals surface area (Å²) in [5.41, 5.74) is 2.53. The number of fused-ring (bicyclic) bond motifs is 1. The summed E-state index contributed by atoms with van der Waals surface area (Å²) in [6, 6.07) is 9.71. The molecule has 0 atom stereocenters. The number of rotatable bonds is 4. The Morgan fingerprint density at radius 3 is 2.88 bits per heavy atom. The summed E-state index contributed by atoms with van der Waals surface area (Å²) in [5.74, 6) is -0.310. The van der Waals surface area contributed by atoms with Gasteiger partial charge in [-0.05, 0) is 12.1 Å². The van der Waals surface area contributed by atoms with Crippen molar-refractivity contribution in [3.05, 3.63) is 70.8 Å². The highest BCUT2D eigenvalue weighted by Crippen LogP contribution is 2.17. The van der Waals surface area contributed by atoms with E-state index in [4.69, 9.17) is 4.42 Å². The maximum atomic E-state index is 12.3. The van der Waals surface area contributed by atoms with Crippen LogP contribution in [0.25, 0.3) is 11.0 Å². The number of phenols is 1. The number of aromatic hydroxyl groups is 1. The number of carbonyl (C=O) groups is 1. The van der Waals surface area contributed by atoms with Crippen molar-refractivity contribution < 1.29 is 18.9 Å². The van der Waals surface area contributed by atoms with E-state index >= 15 is 0 Å². The third-order valence-corrected chi connectivity index (χ3v) is 3.28. The zero-order valence-corrected chi connectivity index (χ0v) is 12.5. The molecule has 1 amide bonds. The highest BCUT2D eigenvalue weighted by Gasteiger charge is 2.08. The van der Waals surface area contributed by atoms with Gasteiger partial charge in [-0.2, -0.15) is 9.67 Å². The Hall–Kier alpha value is -3.48. The molecular formula is C17H14N3O4+. The van der Waals surface area contributed by atoms with E-state index in [1.807, 2.05) is 18.2 Å². The van der Waals surface area contributed by atoms with Crippen LogP contribution in [0.2, 0.25) is 0 Å². The van der Waals surface area contributed by atoms with Crippen molar-refractivity contribution in [2.45, 2.75) is 6.54 Å². The van der Waals surface area contributed by atoms with E-state index < -0.39 is 0 Å². The van der Waals surface area contributed by atoms with Gasteiger partial charge in [0, 0.05) is 18.2 Å². The highest BCUT2D eigenvalue weighted by molar-refractivity contribution is 5.87. The topological polar surface area (TPSA) is 95.8 Å². The van der Waals surface area contributed by atoms with Crippen LogP contribution in [-0.2, 0) is 11.3 Å². The van der Waals surface area contributed by atoms with Crippen molar-refractivity contribution in [2.75, 3.05) is 0 Å². The van der Waals surface area contributed by atoms with Crippen LogP contribution in [0.4, 0.5) is 0 Å². The van der Waals surface area contributed by atoms with Gasteiger partial charge in [0.2, 0.25) is 12.0 Å². The van der Waals surface area contributed by atoms with Gasteiger partial charge in [0.15, 0.2) is 12.4 Å². The smallest absolute Gasteiger partial charge is 0.305 e. The fourth-order valence-corrected chi connectivity index (χ4v) is 2.14. The van der Waals surface area contributed by atoms with Gasteiger partial charge in [-0.3, -0.25) is 9.59 Å². The number of pyridine rings is 1. The molecule has 7 heteroatoms. The Morgan fingerprint density at radius 2 is 2.08 bits per heavy atom. The van der Waals surface area contributed by atoms with E-state index in [2.05, 4.69) is 10.5 Å². The Kier molecular flexibility index (Phi) is 4.33. The SMILES string of the molecule is O=C(C[n+]1ccccc1)N/N=C\c1coc2cc(O)ccc2c1=O. The van der Waals surface area contributed by atoms with E-state index in [0.29, 0.717) is 5.39 Å². The molecule has 0 bridgehead atoms. The van der Waals surface area contributed by atoms with Gasteiger partial charge in [0.05, 0.1) is 17.2 Å². The number of phenolic OH excluding ortho intramolecular Hbond substituents is 1. The maximum absolute atomic E-state index is 12.3. The van der Waals surface area contributed by atoms with Crippen LogP contribution in [-0.4, -0.2) is 17.2 Å². The molecule has 3 aromatic rings. The second-order valence-corrected chi connectivity index (χ2v) is 5.04. The molecule has 0 aliphatic carbocycles. The molecule has 0 spiro atoms. The van der Waals surface area contributed by atoms with E-state index in [1.54, 1.807) is 17.0 Å². The predicted molar refractivity (Wildman–Crippen MR) is 86.5 cm³/mol. The lowest BCUT2D eigenvalue weighted by Crippen LogP contribution is -2.40. The molecule has 0 aliphatic rings.